The van der Waals surface area contributed by atoms with Crippen LogP contribution in [-0.2, 0) is 29.1 Å². The molecule has 3 bridgehead atoms. The molecule has 3 aliphatic carbocycles. The predicted octanol–water partition coefficient (Wildman–Crippen LogP) is 5.52. The molecule has 15 nitrogen and oxygen atoms in total. The first kappa shape index (κ1) is 43.5. The number of para-hydroxylation sites is 1. The normalized spacial score (nSPS) is 32.3. The first-order valence-electron chi connectivity index (χ1n) is 23.4. The van der Waals surface area contributed by atoms with Gasteiger partial charge in [0.15, 0.2) is 0 Å². The number of piperidine rings is 1. The molecule has 5 heterocycles. The topological polar surface area (TPSA) is 186 Å². The summed E-state index contributed by atoms with van der Waals surface area (Å²) in [7, 11) is -4.00. The van der Waals surface area contributed by atoms with E-state index < -0.39 is 68.2 Å². The van der Waals surface area contributed by atoms with Gasteiger partial charge in [0.25, 0.3) is 5.91 Å². The molecule has 4 amide bonds. The van der Waals surface area contributed by atoms with Gasteiger partial charge in [-0.1, -0.05) is 49.6 Å². The molecule has 4 aliphatic heterocycles. The Morgan fingerprint density at radius 2 is 1.76 bits per heavy atom. The second-order valence-corrected chi connectivity index (χ2v) is 21.3. The number of rotatable bonds is 7. The number of fused-ring (bicyclic) bond motifs is 6. The molecule has 7 aliphatic rings. The molecule has 0 radical (unpaired) electrons. The van der Waals surface area contributed by atoms with Crippen LogP contribution >= 0.6 is 0 Å². The van der Waals surface area contributed by atoms with Gasteiger partial charge in [-0.2, -0.15) is 0 Å². The van der Waals surface area contributed by atoms with Crippen molar-refractivity contribution in [3.63, 3.8) is 0 Å². The van der Waals surface area contributed by atoms with E-state index in [9.17, 15) is 27.6 Å². The largest absolute Gasteiger partial charge is 0.491 e. The van der Waals surface area contributed by atoms with E-state index >= 15 is 0 Å². The average molecular weight is 887 g/mol. The second kappa shape index (κ2) is 18.1. The fraction of sp³-hybridized carbons (Fsp3) is 0.638. The summed E-state index contributed by atoms with van der Waals surface area (Å²) in [5.74, 6) is -1.06. The molecule has 9 rings (SSSR count). The van der Waals surface area contributed by atoms with Crippen LogP contribution in [0.3, 0.4) is 0 Å². The fourth-order valence-electron chi connectivity index (χ4n) is 9.81. The number of benzene rings is 1. The molecule has 3 N–H and O–H groups in total. The molecule has 1 aromatic heterocycles. The Morgan fingerprint density at radius 3 is 2.59 bits per heavy atom. The van der Waals surface area contributed by atoms with Gasteiger partial charge < -0.3 is 29.7 Å². The number of carbonyl (C=O) groups excluding carboxylic acids is 4. The third kappa shape index (κ3) is 9.57. The molecular weight excluding hydrogens is 825 g/mol. The maximum atomic E-state index is 14.8. The number of carbonyl (C=O) groups is 4. The molecule has 0 unspecified atom stereocenters. The SMILES string of the molecule is CC1(S(=O)(=O)NC(=O)[C@@]23C[C@H]2/C=C/CCCCC[C@@H]2NC(=O)O[C@@H]4C[C@H]4CCC/C=C/c4c(nc5ccccc5c4OCCN4CCCCC4)O[C@@H]4C[C@H](C(=O)N3)N(C4)C2=O)CC1. The number of sulfonamides is 1. The van der Waals surface area contributed by atoms with E-state index in [1.807, 2.05) is 42.5 Å². The number of aromatic nitrogens is 1. The maximum Gasteiger partial charge on any atom is 0.408 e. The number of hydrogen-bond donors (Lipinski definition) is 3. The number of allylic oxidation sites excluding steroid dienone is 2. The zero-order valence-electron chi connectivity index (χ0n) is 36.4. The van der Waals surface area contributed by atoms with Crippen molar-refractivity contribution in [2.45, 2.75) is 144 Å². The van der Waals surface area contributed by atoms with Gasteiger partial charge in [0, 0.05) is 24.3 Å². The molecule has 0 spiro atoms. The number of alkyl carbamates (subject to hydrolysis) is 1. The Bertz CT molecular complexity index is 2260. The van der Waals surface area contributed by atoms with Crippen LogP contribution in [0.4, 0.5) is 4.79 Å². The number of nitrogens with zero attached hydrogens (tertiary/aromatic N) is 3. The zero-order chi connectivity index (χ0) is 43.8. The molecule has 2 aromatic rings. The number of likely N-dealkylation sites (tertiary alicyclic amines) is 1. The Labute approximate surface area is 370 Å². The van der Waals surface area contributed by atoms with Gasteiger partial charge in [0.2, 0.25) is 27.7 Å². The molecule has 63 heavy (non-hydrogen) atoms. The Kier molecular flexibility index (Phi) is 12.5. The van der Waals surface area contributed by atoms with Crippen molar-refractivity contribution in [3.8, 4) is 11.6 Å². The van der Waals surface area contributed by atoms with Gasteiger partial charge >= 0.3 is 6.09 Å². The number of hydrogen-bond acceptors (Lipinski definition) is 11. The Balaban J connectivity index is 1.06. The molecule has 7 atom stereocenters. The van der Waals surface area contributed by atoms with Crippen molar-refractivity contribution in [1.29, 1.82) is 0 Å². The highest BCUT2D eigenvalue weighted by Gasteiger charge is 2.63. The fourth-order valence-corrected chi connectivity index (χ4v) is 11.1. The summed E-state index contributed by atoms with van der Waals surface area (Å²) in [6.07, 6.45) is 17.7. The third-order valence-corrected chi connectivity index (χ3v) is 16.5. The highest BCUT2D eigenvalue weighted by Crippen LogP contribution is 2.48. The van der Waals surface area contributed by atoms with Crippen LogP contribution in [0.1, 0.15) is 115 Å². The van der Waals surface area contributed by atoms with Crippen molar-refractivity contribution in [3.05, 3.63) is 48.1 Å². The highest BCUT2D eigenvalue weighted by atomic mass is 32.2. The van der Waals surface area contributed by atoms with Crippen LogP contribution in [0.5, 0.6) is 11.6 Å². The van der Waals surface area contributed by atoms with Crippen LogP contribution in [0.2, 0.25) is 0 Å². The maximum absolute atomic E-state index is 14.8. The van der Waals surface area contributed by atoms with E-state index in [4.69, 9.17) is 19.2 Å². The Hall–Kier alpha value is -4.70. The van der Waals surface area contributed by atoms with E-state index in [0.29, 0.717) is 61.4 Å². The van der Waals surface area contributed by atoms with Crippen LogP contribution in [0.25, 0.3) is 17.0 Å². The smallest absolute Gasteiger partial charge is 0.408 e. The first-order valence-corrected chi connectivity index (χ1v) is 24.9. The predicted molar refractivity (Wildman–Crippen MR) is 236 cm³/mol. The van der Waals surface area contributed by atoms with Crippen LogP contribution < -0.4 is 24.8 Å². The molecule has 340 valence electrons. The van der Waals surface area contributed by atoms with Crippen molar-refractivity contribution in [2.75, 3.05) is 32.8 Å². The van der Waals surface area contributed by atoms with E-state index in [1.165, 1.54) is 24.2 Å². The minimum absolute atomic E-state index is 0.00702. The lowest BCUT2D eigenvalue weighted by atomic mass is 10.0. The van der Waals surface area contributed by atoms with Gasteiger partial charge in [0.05, 0.1) is 22.4 Å². The average Bonchev–Trinajstić information content (AvgIpc) is 4.23. The summed E-state index contributed by atoms with van der Waals surface area (Å²) in [6.45, 7) is 4.96. The van der Waals surface area contributed by atoms with Crippen molar-refractivity contribution in [2.24, 2.45) is 11.8 Å². The van der Waals surface area contributed by atoms with E-state index in [-0.39, 0.29) is 31.4 Å². The van der Waals surface area contributed by atoms with Crippen LogP contribution in [-0.4, -0.2) is 114 Å². The molecule has 16 heteroatoms. The third-order valence-electron chi connectivity index (χ3n) is 14.3. The minimum Gasteiger partial charge on any atom is -0.491 e. The summed E-state index contributed by atoms with van der Waals surface area (Å²) >= 11 is 0. The van der Waals surface area contributed by atoms with Crippen LogP contribution in [0, 0.1) is 11.8 Å². The van der Waals surface area contributed by atoms with Gasteiger partial charge in [0.1, 0.15) is 42.2 Å². The van der Waals surface area contributed by atoms with E-state index in [1.54, 1.807) is 6.92 Å². The summed E-state index contributed by atoms with van der Waals surface area (Å²) in [6, 6.07) is 5.70. The molecular formula is C47H62N6O9S. The number of pyridine rings is 1. The van der Waals surface area contributed by atoms with Crippen LogP contribution in [0.15, 0.2) is 42.5 Å². The molecule has 1 aromatic carbocycles. The quantitative estimate of drug-likeness (QED) is 0.298. The lowest BCUT2D eigenvalue weighted by Crippen LogP contribution is -2.58. The van der Waals surface area contributed by atoms with Gasteiger partial charge in [-0.25, -0.2) is 18.2 Å². The number of amides is 4. The molecule has 3 saturated carbocycles. The van der Waals surface area contributed by atoms with Gasteiger partial charge in [-0.3, -0.25) is 24.0 Å². The minimum atomic E-state index is -4.00. The lowest BCUT2D eigenvalue weighted by molar-refractivity contribution is -0.141. The summed E-state index contributed by atoms with van der Waals surface area (Å²) in [5, 5.41) is 6.67. The van der Waals surface area contributed by atoms with Crippen molar-refractivity contribution >= 4 is 50.8 Å². The van der Waals surface area contributed by atoms with Gasteiger partial charge in [-0.15, -0.1) is 0 Å². The highest BCUT2D eigenvalue weighted by molar-refractivity contribution is 7.91. The standard InChI is InChI=1S/C47H62N6O9S/c1-46(21-22-46)63(58,59)51-44(56)47-29-32(47)16-8-3-2-4-10-20-37-43(55)53-30-33(28-38(53)41(54)50-47)61-42-35(18-9-5-7-15-31-27-39(31)62-45(57)49-37)40(34-17-11-12-19-36(34)48-42)60-26-25-52-23-13-6-14-24-52/h8-9,11-12,16-19,31-33,37-39H,2-7,10,13-15,20-30H2,1H3,(H,49,57)(H,50,54)(H,51,56)/b16-8+,18-9+/t31-,32-,33-,37+,38-,39-,47-/m1/s1. The van der Waals surface area contributed by atoms with Crippen molar-refractivity contribution < 1.29 is 41.8 Å². The second-order valence-electron chi connectivity index (χ2n) is 19.1. The molecule has 5 fully saturated rings. The summed E-state index contributed by atoms with van der Waals surface area (Å²) in [4.78, 5) is 65.9. The summed E-state index contributed by atoms with van der Waals surface area (Å²) in [5.41, 5.74) is -0.160. The van der Waals surface area contributed by atoms with E-state index in [2.05, 4.69) is 26.3 Å². The zero-order valence-corrected chi connectivity index (χ0v) is 37.2. The number of ether oxygens (including phenoxy) is 3. The summed E-state index contributed by atoms with van der Waals surface area (Å²) < 4.78 is 47.2. The molecule has 2 saturated heterocycles. The van der Waals surface area contributed by atoms with Gasteiger partial charge in [-0.05, 0) is 121 Å². The monoisotopic (exact) mass is 886 g/mol. The lowest BCUT2D eigenvalue weighted by Gasteiger charge is -2.30. The van der Waals surface area contributed by atoms with Crippen molar-refractivity contribution in [1.82, 2.24) is 30.1 Å². The van der Waals surface area contributed by atoms with E-state index in [0.717, 1.165) is 63.5 Å². The number of nitrogens with one attached hydrogen (secondary N) is 3. The first-order chi connectivity index (χ1) is 30.4. The Morgan fingerprint density at radius 1 is 0.968 bits per heavy atom.